The Bertz CT molecular complexity index is 554. The van der Waals surface area contributed by atoms with Crippen LogP contribution in [-0.2, 0) is 27.7 Å². The topological polar surface area (TPSA) is 55.4 Å². The fourth-order valence-corrected chi connectivity index (χ4v) is 3.15. The molecular formula is C15H23F17O6Si. The molecule has 24 heteroatoms. The van der Waals surface area contributed by atoms with Gasteiger partial charge in [-0.1, -0.05) is 0 Å². The largest absolute Gasteiger partial charge is 0.559 e. The van der Waals surface area contributed by atoms with Crippen LogP contribution in [-0.4, -0.2) is 94.3 Å². The summed E-state index contributed by atoms with van der Waals surface area (Å²) in [6, 6.07) is 0.635. The van der Waals surface area contributed by atoms with Gasteiger partial charge in [0.2, 0.25) is 0 Å². The second-order valence-electron chi connectivity index (χ2n) is 5.98. The number of hydrogen-bond acceptors (Lipinski definition) is 6. The van der Waals surface area contributed by atoms with Crippen LogP contribution in [0, 0.1) is 0 Å². The molecule has 6 nitrogen and oxygen atoms in total. The highest BCUT2D eigenvalue weighted by molar-refractivity contribution is 6.60. The highest BCUT2D eigenvalue weighted by atomic mass is 28.4. The van der Waals surface area contributed by atoms with Gasteiger partial charge < -0.3 is 22.8 Å². The summed E-state index contributed by atoms with van der Waals surface area (Å²) in [5.41, 5.74) is 0. The number of alkyl halides is 16. The van der Waals surface area contributed by atoms with Gasteiger partial charge in [0.1, 0.15) is 6.61 Å². The van der Waals surface area contributed by atoms with E-state index >= 15 is 0 Å². The summed E-state index contributed by atoms with van der Waals surface area (Å²) in [7, 11) is 2.18. The van der Waals surface area contributed by atoms with E-state index in [2.05, 4.69) is 14.4 Å². The first-order valence-corrected chi connectivity index (χ1v) is 11.1. The summed E-state index contributed by atoms with van der Waals surface area (Å²) >= 11 is 0. The molecule has 0 aliphatic carbocycles. The Labute approximate surface area is 210 Å². The van der Waals surface area contributed by atoms with Gasteiger partial charge in [-0.25, -0.2) is 8.78 Å². The molecule has 0 N–H and O–H groups in total. The molecule has 0 bridgehead atoms. The second-order valence-corrected chi connectivity index (χ2v) is 9.07. The van der Waals surface area contributed by atoms with Crippen LogP contribution in [0.4, 0.5) is 74.8 Å². The monoisotopic (exact) mass is 650 g/mol. The molecule has 0 aliphatic rings. The Kier molecular flexibility index (Phi) is 23.7. The third-order valence-electron chi connectivity index (χ3n) is 3.06. The van der Waals surface area contributed by atoms with E-state index in [-0.39, 0.29) is 0 Å². The molecule has 1 unspecified atom stereocenters. The summed E-state index contributed by atoms with van der Waals surface area (Å²) in [6.45, 7) is -7.45. The first-order chi connectivity index (χ1) is 17.3. The quantitative estimate of drug-likeness (QED) is 0.130. The van der Waals surface area contributed by atoms with Crippen LogP contribution < -0.4 is 0 Å². The Hall–Kier alpha value is -1.21. The molecule has 0 rings (SSSR count). The van der Waals surface area contributed by atoms with Gasteiger partial charge in [0.25, 0.3) is 0 Å². The van der Waals surface area contributed by atoms with Crippen molar-refractivity contribution in [3.8, 4) is 0 Å². The van der Waals surface area contributed by atoms with Crippen LogP contribution in [0.1, 0.15) is 6.42 Å². The van der Waals surface area contributed by atoms with Crippen LogP contribution in [0.5, 0.6) is 0 Å². The number of hydrogen-bond donors (Lipinski definition) is 0. The zero-order valence-electron chi connectivity index (χ0n) is 19.8. The van der Waals surface area contributed by atoms with Crippen LogP contribution >= 0.6 is 0 Å². The van der Waals surface area contributed by atoms with Crippen molar-refractivity contribution in [2.75, 3.05) is 54.7 Å². The van der Waals surface area contributed by atoms with E-state index in [4.69, 9.17) is 13.3 Å². The minimum Gasteiger partial charge on any atom is -0.377 e. The van der Waals surface area contributed by atoms with Crippen molar-refractivity contribution >= 4 is 8.80 Å². The maximum atomic E-state index is 12.3. The lowest BCUT2D eigenvalue weighted by atomic mass is 10.3. The van der Waals surface area contributed by atoms with Gasteiger partial charge in [-0.15, -0.1) is 17.6 Å². The first kappa shape index (κ1) is 44.8. The maximum absolute atomic E-state index is 12.3. The average molecular weight is 650 g/mol. The molecular weight excluding hydrogens is 627 g/mol. The lowest BCUT2D eigenvalue weighted by Gasteiger charge is -2.25. The number of halogens is 17. The molecule has 0 saturated carbocycles. The molecule has 0 aromatic carbocycles. The van der Waals surface area contributed by atoms with E-state index in [1.165, 1.54) is 0 Å². The van der Waals surface area contributed by atoms with E-state index in [0.29, 0.717) is 19.1 Å². The second kappa shape index (κ2) is 20.6. The van der Waals surface area contributed by atoms with Gasteiger partial charge in [-0.2, -0.15) is 48.8 Å². The van der Waals surface area contributed by atoms with Crippen molar-refractivity contribution in [2.45, 2.75) is 43.3 Å². The van der Waals surface area contributed by atoms with E-state index in [0.717, 1.165) is 0 Å². The molecule has 0 radical (unpaired) electrons. The molecule has 0 fully saturated rings. The highest BCUT2D eigenvalue weighted by Crippen LogP contribution is 2.36. The molecule has 0 aromatic rings. The van der Waals surface area contributed by atoms with Gasteiger partial charge in [0.05, 0.1) is 0 Å². The van der Waals surface area contributed by atoms with Gasteiger partial charge >= 0.3 is 39.6 Å². The van der Waals surface area contributed by atoms with Crippen molar-refractivity contribution in [3.05, 3.63) is 0 Å². The van der Waals surface area contributed by atoms with Crippen LogP contribution in [0.25, 0.3) is 0 Å². The van der Waals surface area contributed by atoms with Gasteiger partial charge in [0.15, 0.2) is 20.1 Å². The molecule has 0 saturated heterocycles. The Morgan fingerprint density at radius 1 is 0.641 bits per heavy atom. The average Bonchev–Trinajstić information content (AvgIpc) is 2.76. The fraction of sp³-hybridized carbons (Fsp3) is 1.00. The Morgan fingerprint density at radius 2 is 1.03 bits per heavy atom. The molecule has 0 amide bonds. The van der Waals surface area contributed by atoms with Crippen molar-refractivity contribution in [2.24, 2.45) is 0 Å². The maximum Gasteiger partial charge on any atom is 0.559 e. The molecule has 1 atom stereocenters. The summed E-state index contributed by atoms with van der Waals surface area (Å²) in [5, 5.41) is 0. The molecule has 39 heavy (non-hydrogen) atoms. The highest BCUT2D eigenvalue weighted by Gasteiger charge is 2.59. The molecule has 0 heterocycles. The number of ether oxygens (including phenoxy) is 2. The molecule has 0 aliphatic heterocycles. The minimum atomic E-state index is -5.84. The number of rotatable bonds is 12. The SMILES string of the molecule is CO[Si](CCCOCF)(OC)OC.FC(F)(F)F.FCC(F)(OCC(F)(F)F)C(F)(F)F.FOCC(F)(F)F. The Morgan fingerprint density at radius 3 is 1.23 bits per heavy atom. The van der Waals surface area contributed by atoms with Crippen LogP contribution in [0.15, 0.2) is 0 Å². The lowest BCUT2D eigenvalue weighted by molar-refractivity contribution is -0.354. The summed E-state index contributed by atoms with van der Waals surface area (Å²) in [4.78, 5) is 2.28. The van der Waals surface area contributed by atoms with Gasteiger partial charge in [0, 0.05) is 34.0 Å². The smallest absolute Gasteiger partial charge is 0.377 e. The lowest BCUT2D eigenvalue weighted by Crippen LogP contribution is -2.47. The Balaban J connectivity index is -0.000000225. The minimum absolute atomic E-state index is 0.362. The zero-order chi connectivity index (χ0) is 32.2. The normalized spacial score (nSPS) is 14.2. The first-order valence-electron chi connectivity index (χ1n) is 9.19. The standard InChI is InChI=1S/C7H17FO4Si.C5H4F8O.C2H2F4O.CF4/c1-9-13(10-2,11-3)6-4-5-12-7-8;6-1-3(7,5(11,12)13)14-2-4(8,9)10;3-2(4,5)1-7-6;2-1(3,4)5/h4-7H2,1-3H3;1-2H2;1H2;. The van der Waals surface area contributed by atoms with Gasteiger partial charge in [-0.3, -0.25) is 0 Å². The fourth-order valence-electron chi connectivity index (χ4n) is 1.46. The summed E-state index contributed by atoms with van der Waals surface area (Å²) in [5.74, 6) is -4.90. The summed E-state index contributed by atoms with van der Waals surface area (Å²) < 4.78 is 208. The van der Waals surface area contributed by atoms with Crippen molar-refractivity contribution in [3.63, 3.8) is 0 Å². The van der Waals surface area contributed by atoms with Crippen LogP contribution in [0.2, 0.25) is 6.04 Å². The predicted molar refractivity (Wildman–Crippen MR) is 96.3 cm³/mol. The third-order valence-corrected chi connectivity index (χ3v) is 5.89. The van der Waals surface area contributed by atoms with Crippen molar-refractivity contribution in [1.82, 2.24) is 0 Å². The molecule has 0 spiro atoms. The van der Waals surface area contributed by atoms with Crippen LogP contribution in [0.3, 0.4) is 0 Å². The van der Waals surface area contributed by atoms with Crippen molar-refractivity contribution in [1.29, 1.82) is 0 Å². The van der Waals surface area contributed by atoms with Crippen molar-refractivity contribution < 1.29 is 102 Å². The van der Waals surface area contributed by atoms with Gasteiger partial charge in [-0.05, 0) is 10.9 Å². The summed E-state index contributed by atoms with van der Waals surface area (Å²) in [6.07, 6.45) is -20.4. The third kappa shape index (κ3) is 31.2. The van der Waals surface area contributed by atoms with E-state index in [1.807, 2.05) is 0 Å². The van der Waals surface area contributed by atoms with E-state index < -0.39 is 66.4 Å². The predicted octanol–water partition coefficient (Wildman–Crippen LogP) is 6.89. The molecule has 242 valence electrons. The van der Waals surface area contributed by atoms with E-state index in [9.17, 15) is 74.8 Å². The van der Waals surface area contributed by atoms with E-state index in [1.54, 1.807) is 21.3 Å². The molecule has 0 aromatic heterocycles. The zero-order valence-corrected chi connectivity index (χ0v) is 20.8.